The summed E-state index contributed by atoms with van der Waals surface area (Å²) in [6.07, 6.45) is 0.673. The zero-order valence-corrected chi connectivity index (χ0v) is 21.9. The lowest BCUT2D eigenvalue weighted by Gasteiger charge is -2.36. The first-order valence-electron chi connectivity index (χ1n) is 12.4. The third kappa shape index (κ3) is 4.53. The Labute approximate surface area is 213 Å². The smallest absolute Gasteiger partial charge is 0.261 e. The molecule has 0 radical (unpaired) electrons. The molecular formula is C29H32N2O4S. The third-order valence-corrected chi connectivity index (χ3v) is 8.73. The number of sulfonamides is 1. The molecule has 3 aromatic carbocycles. The highest BCUT2D eigenvalue weighted by molar-refractivity contribution is 7.92. The Morgan fingerprint density at radius 1 is 1.00 bits per heavy atom. The summed E-state index contributed by atoms with van der Waals surface area (Å²) in [6.45, 7) is 8.38. The number of Topliss-reactive ketones (excluding diaryl/α,β-unsaturated/α-hetero) is 1. The highest BCUT2D eigenvalue weighted by Crippen LogP contribution is 2.50. The Bertz CT molecular complexity index is 1410. The Morgan fingerprint density at radius 2 is 1.75 bits per heavy atom. The standard InChI is InChI=1S/C29H32N2O4S/c1-17(2)28(32)21-8-6-20(7-9-21)27-24-13-14-35-29(24)25-16-23(11-12-26(25)30-27)36(33,34)31-22-10-5-18(3)19(4)15-22/h5-12,15-17,24,27,29-31H,13-14H2,1-4H3/t24-,27-,29-/m1/s1. The van der Waals surface area contributed by atoms with Gasteiger partial charge in [-0.25, -0.2) is 8.42 Å². The molecular weight excluding hydrogens is 472 g/mol. The molecule has 1 saturated heterocycles. The number of ketones is 1. The lowest BCUT2D eigenvalue weighted by molar-refractivity contribution is 0.0827. The molecule has 6 nitrogen and oxygen atoms in total. The van der Waals surface area contributed by atoms with Crippen molar-refractivity contribution in [1.82, 2.24) is 0 Å². The van der Waals surface area contributed by atoms with E-state index in [2.05, 4.69) is 10.0 Å². The van der Waals surface area contributed by atoms with Gasteiger partial charge in [-0.2, -0.15) is 0 Å². The minimum Gasteiger partial charge on any atom is -0.378 e. The minimum atomic E-state index is -3.76. The monoisotopic (exact) mass is 504 g/mol. The second-order valence-corrected chi connectivity index (χ2v) is 11.8. The van der Waals surface area contributed by atoms with Crippen LogP contribution < -0.4 is 10.0 Å². The van der Waals surface area contributed by atoms with Crippen LogP contribution in [-0.2, 0) is 14.8 Å². The number of carbonyl (C=O) groups excluding carboxylic acids is 1. The molecule has 2 aliphatic heterocycles. The van der Waals surface area contributed by atoms with Crippen molar-refractivity contribution in [2.45, 2.75) is 51.2 Å². The van der Waals surface area contributed by atoms with Crippen molar-refractivity contribution in [2.24, 2.45) is 11.8 Å². The molecule has 0 amide bonds. The molecule has 3 atom stereocenters. The van der Waals surface area contributed by atoms with Crippen molar-refractivity contribution < 1.29 is 17.9 Å². The quantitative estimate of drug-likeness (QED) is 0.391. The lowest BCUT2D eigenvalue weighted by Crippen LogP contribution is -2.29. The summed E-state index contributed by atoms with van der Waals surface area (Å²) in [5.74, 6) is 0.252. The fraction of sp³-hybridized carbons (Fsp3) is 0.345. The molecule has 2 N–H and O–H groups in total. The number of fused-ring (bicyclic) bond motifs is 3. The SMILES string of the molecule is Cc1ccc(NS(=O)(=O)c2ccc3c(c2)[C@@H]2OCC[C@@H]2[C@@H](c2ccc(C(=O)C(C)C)cc2)N3)cc1C. The maximum absolute atomic E-state index is 13.2. The number of rotatable bonds is 6. The number of anilines is 2. The highest BCUT2D eigenvalue weighted by Gasteiger charge is 2.42. The van der Waals surface area contributed by atoms with E-state index in [4.69, 9.17) is 4.74 Å². The average molecular weight is 505 g/mol. The normalized spacial score (nSPS) is 21.0. The van der Waals surface area contributed by atoms with E-state index in [1.165, 1.54) is 0 Å². The van der Waals surface area contributed by atoms with Crippen LogP contribution in [0.2, 0.25) is 0 Å². The second-order valence-electron chi connectivity index (χ2n) is 10.2. The fourth-order valence-corrected chi connectivity index (χ4v) is 6.24. The van der Waals surface area contributed by atoms with E-state index >= 15 is 0 Å². The molecule has 7 heteroatoms. The van der Waals surface area contributed by atoms with Crippen molar-refractivity contribution in [3.05, 3.63) is 88.5 Å². The molecule has 5 rings (SSSR count). The number of aryl methyl sites for hydroxylation is 2. The van der Waals surface area contributed by atoms with Crippen molar-refractivity contribution in [3.8, 4) is 0 Å². The summed E-state index contributed by atoms with van der Waals surface area (Å²) in [4.78, 5) is 12.6. The van der Waals surface area contributed by atoms with Gasteiger partial charge in [0.2, 0.25) is 0 Å². The summed E-state index contributed by atoms with van der Waals surface area (Å²) in [5.41, 5.74) is 6.23. The molecule has 1 fully saturated rings. The number of hydrogen-bond donors (Lipinski definition) is 2. The van der Waals surface area contributed by atoms with Gasteiger partial charge in [0.15, 0.2) is 5.78 Å². The van der Waals surface area contributed by atoms with Gasteiger partial charge in [0, 0.05) is 40.9 Å². The van der Waals surface area contributed by atoms with Crippen LogP contribution in [0.15, 0.2) is 65.6 Å². The van der Waals surface area contributed by atoms with E-state index in [1.54, 1.807) is 18.2 Å². The summed E-state index contributed by atoms with van der Waals surface area (Å²) in [7, 11) is -3.76. The van der Waals surface area contributed by atoms with Gasteiger partial charge in [-0.15, -0.1) is 0 Å². The molecule has 0 aliphatic carbocycles. The van der Waals surface area contributed by atoms with Gasteiger partial charge in [-0.05, 0) is 67.3 Å². The van der Waals surface area contributed by atoms with E-state index in [-0.39, 0.29) is 34.7 Å². The Morgan fingerprint density at radius 3 is 2.44 bits per heavy atom. The average Bonchev–Trinajstić information content (AvgIpc) is 3.35. The van der Waals surface area contributed by atoms with Crippen LogP contribution in [0, 0.1) is 25.7 Å². The predicted octanol–water partition coefficient (Wildman–Crippen LogP) is 6.19. The molecule has 0 aromatic heterocycles. The van der Waals surface area contributed by atoms with Crippen LogP contribution in [0.25, 0.3) is 0 Å². The number of nitrogens with one attached hydrogen (secondary N) is 2. The Balaban J connectivity index is 1.43. The minimum absolute atomic E-state index is 0.0179. The highest BCUT2D eigenvalue weighted by atomic mass is 32.2. The molecule has 0 saturated carbocycles. The summed E-state index contributed by atoms with van der Waals surface area (Å²) >= 11 is 0. The van der Waals surface area contributed by atoms with Gasteiger partial charge >= 0.3 is 0 Å². The molecule has 2 heterocycles. The zero-order chi connectivity index (χ0) is 25.6. The van der Waals surface area contributed by atoms with E-state index in [0.29, 0.717) is 12.3 Å². The zero-order valence-electron chi connectivity index (χ0n) is 21.0. The molecule has 0 bridgehead atoms. The van der Waals surface area contributed by atoms with Crippen LogP contribution in [0.4, 0.5) is 11.4 Å². The van der Waals surface area contributed by atoms with Crippen molar-refractivity contribution in [3.63, 3.8) is 0 Å². The summed E-state index contributed by atoms with van der Waals surface area (Å²) in [6, 6.07) is 18.6. The van der Waals surface area contributed by atoms with Crippen molar-refractivity contribution in [1.29, 1.82) is 0 Å². The van der Waals surface area contributed by atoms with Crippen LogP contribution >= 0.6 is 0 Å². The summed E-state index contributed by atoms with van der Waals surface area (Å²) < 4.78 is 35.2. The lowest BCUT2D eigenvalue weighted by atomic mass is 9.81. The Kier molecular flexibility index (Phi) is 6.39. The van der Waals surface area contributed by atoms with E-state index in [1.807, 2.05) is 70.2 Å². The largest absolute Gasteiger partial charge is 0.378 e. The molecule has 2 aliphatic rings. The van der Waals surface area contributed by atoms with E-state index in [0.717, 1.165) is 39.9 Å². The maximum atomic E-state index is 13.2. The van der Waals surface area contributed by atoms with Crippen LogP contribution in [0.3, 0.4) is 0 Å². The maximum Gasteiger partial charge on any atom is 0.261 e. The van der Waals surface area contributed by atoms with Gasteiger partial charge in [0.05, 0.1) is 17.0 Å². The van der Waals surface area contributed by atoms with Crippen LogP contribution in [0.1, 0.15) is 65.0 Å². The van der Waals surface area contributed by atoms with Gasteiger partial charge in [0.25, 0.3) is 10.0 Å². The number of hydrogen-bond acceptors (Lipinski definition) is 5. The van der Waals surface area contributed by atoms with Crippen LogP contribution in [-0.4, -0.2) is 20.8 Å². The predicted molar refractivity (Wildman–Crippen MR) is 142 cm³/mol. The molecule has 3 aromatic rings. The van der Waals surface area contributed by atoms with Crippen molar-refractivity contribution in [2.75, 3.05) is 16.6 Å². The fourth-order valence-electron chi connectivity index (χ4n) is 5.15. The first-order valence-corrected chi connectivity index (χ1v) is 13.9. The first kappa shape index (κ1) is 24.5. The number of benzene rings is 3. The topological polar surface area (TPSA) is 84.5 Å². The van der Waals surface area contributed by atoms with Gasteiger partial charge < -0.3 is 10.1 Å². The molecule has 0 unspecified atom stereocenters. The summed E-state index contributed by atoms with van der Waals surface area (Å²) in [5, 5.41) is 3.62. The molecule has 188 valence electrons. The van der Waals surface area contributed by atoms with Gasteiger partial charge in [-0.1, -0.05) is 44.2 Å². The van der Waals surface area contributed by atoms with Gasteiger partial charge in [-0.3, -0.25) is 9.52 Å². The van der Waals surface area contributed by atoms with Gasteiger partial charge in [0.1, 0.15) is 0 Å². The third-order valence-electron chi connectivity index (χ3n) is 7.35. The van der Waals surface area contributed by atoms with Crippen molar-refractivity contribution >= 4 is 27.2 Å². The van der Waals surface area contributed by atoms with E-state index < -0.39 is 10.0 Å². The molecule has 36 heavy (non-hydrogen) atoms. The van der Waals surface area contributed by atoms with E-state index in [9.17, 15) is 13.2 Å². The second kappa shape index (κ2) is 9.37. The van der Waals surface area contributed by atoms with Crippen LogP contribution in [0.5, 0.6) is 0 Å². The first-order chi connectivity index (χ1) is 17.1. The molecule has 0 spiro atoms. The Hall–Kier alpha value is -3.16. The number of ether oxygens (including phenoxy) is 1. The number of carbonyl (C=O) groups is 1.